The van der Waals surface area contributed by atoms with Crippen molar-refractivity contribution in [2.75, 3.05) is 26.7 Å². The fourth-order valence-corrected chi connectivity index (χ4v) is 2.52. The Balaban J connectivity index is 2.06. The third-order valence-electron chi connectivity index (χ3n) is 3.97. The molecule has 1 aromatic heterocycles. The van der Waals surface area contributed by atoms with E-state index in [1.54, 1.807) is 0 Å². The van der Waals surface area contributed by atoms with Crippen LogP contribution in [0.2, 0.25) is 0 Å². The van der Waals surface area contributed by atoms with Crippen molar-refractivity contribution in [2.24, 2.45) is 5.73 Å². The zero-order valence-electron chi connectivity index (χ0n) is 11.7. The quantitative estimate of drug-likeness (QED) is 0.869. The lowest BCUT2D eigenvalue weighted by atomic mass is 9.99. The summed E-state index contributed by atoms with van der Waals surface area (Å²) in [4.78, 5) is 9.28. The summed E-state index contributed by atoms with van der Waals surface area (Å²) in [6, 6.07) is 4.14. The number of hydrogen-bond acceptors (Lipinski definition) is 4. The normalized spacial score (nSPS) is 21.1. The highest BCUT2D eigenvalue weighted by molar-refractivity contribution is 5.19. The van der Waals surface area contributed by atoms with Gasteiger partial charge in [0, 0.05) is 44.5 Å². The van der Waals surface area contributed by atoms with E-state index in [-0.39, 0.29) is 5.54 Å². The molecule has 1 fully saturated rings. The number of aromatic nitrogens is 1. The molecular weight excluding hydrogens is 224 g/mol. The molecule has 1 aliphatic heterocycles. The van der Waals surface area contributed by atoms with Crippen LogP contribution >= 0.6 is 0 Å². The maximum absolute atomic E-state index is 5.74. The summed E-state index contributed by atoms with van der Waals surface area (Å²) in [5.74, 6) is 0. The summed E-state index contributed by atoms with van der Waals surface area (Å²) in [6.45, 7) is 9.38. The van der Waals surface area contributed by atoms with Gasteiger partial charge in [-0.2, -0.15) is 0 Å². The standard InChI is InChI=1S/C14H24N4/c1-14(2)11-18(8-7-17(14)3)10-12-5-4-6-16-13(12)9-15/h4-6H,7-11,15H2,1-3H3. The molecule has 1 saturated heterocycles. The molecule has 0 spiro atoms. The van der Waals surface area contributed by atoms with E-state index in [9.17, 15) is 0 Å². The Kier molecular flexibility index (Phi) is 4.00. The van der Waals surface area contributed by atoms with Crippen LogP contribution in [0.15, 0.2) is 18.3 Å². The number of nitrogens with two attached hydrogens (primary N) is 1. The first-order valence-corrected chi connectivity index (χ1v) is 6.59. The fourth-order valence-electron chi connectivity index (χ4n) is 2.52. The molecule has 100 valence electrons. The molecule has 4 heteroatoms. The van der Waals surface area contributed by atoms with Gasteiger partial charge >= 0.3 is 0 Å². The van der Waals surface area contributed by atoms with Gasteiger partial charge in [-0.25, -0.2) is 0 Å². The molecule has 0 unspecified atom stereocenters. The van der Waals surface area contributed by atoms with Crippen molar-refractivity contribution in [1.29, 1.82) is 0 Å². The van der Waals surface area contributed by atoms with E-state index in [0.717, 1.165) is 31.9 Å². The van der Waals surface area contributed by atoms with Crippen molar-refractivity contribution in [3.05, 3.63) is 29.6 Å². The summed E-state index contributed by atoms with van der Waals surface area (Å²) < 4.78 is 0. The van der Waals surface area contributed by atoms with Crippen LogP contribution in [0.25, 0.3) is 0 Å². The van der Waals surface area contributed by atoms with Gasteiger partial charge in [0.05, 0.1) is 5.69 Å². The average Bonchev–Trinajstić information content (AvgIpc) is 2.34. The number of nitrogens with zero attached hydrogens (tertiary/aromatic N) is 3. The van der Waals surface area contributed by atoms with Crippen molar-refractivity contribution in [2.45, 2.75) is 32.5 Å². The van der Waals surface area contributed by atoms with Crippen molar-refractivity contribution < 1.29 is 0 Å². The lowest BCUT2D eigenvalue weighted by Gasteiger charge is -2.45. The minimum Gasteiger partial charge on any atom is -0.325 e. The van der Waals surface area contributed by atoms with Crippen LogP contribution in [0.5, 0.6) is 0 Å². The van der Waals surface area contributed by atoms with Gasteiger partial charge in [0.2, 0.25) is 0 Å². The Morgan fingerprint density at radius 1 is 1.39 bits per heavy atom. The molecule has 0 radical (unpaired) electrons. The summed E-state index contributed by atoms with van der Waals surface area (Å²) in [6.07, 6.45) is 1.82. The predicted octanol–water partition coefficient (Wildman–Crippen LogP) is 1.07. The highest BCUT2D eigenvalue weighted by atomic mass is 15.3. The molecule has 2 N–H and O–H groups in total. The van der Waals surface area contributed by atoms with E-state index in [0.29, 0.717) is 6.54 Å². The van der Waals surface area contributed by atoms with Crippen LogP contribution in [0.4, 0.5) is 0 Å². The highest BCUT2D eigenvalue weighted by Gasteiger charge is 2.30. The topological polar surface area (TPSA) is 45.4 Å². The third-order valence-corrected chi connectivity index (χ3v) is 3.97. The fraction of sp³-hybridized carbons (Fsp3) is 0.643. The molecule has 4 nitrogen and oxygen atoms in total. The Morgan fingerprint density at radius 3 is 2.83 bits per heavy atom. The van der Waals surface area contributed by atoms with Crippen molar-refractivity contribution >= 4 is 0 Å². The predicted molar refractivity (Wildman–Crippen MR) is 74.1 cm³/mol. The van der Waals surface area contributed by atoms with Gasteiger partial charge in [0.1, 0.15) is 0 Å². The summed E-state index contributed by atoms with van der Waals surface area (Å²) in [5, 5.41) is 0. The van der Waals surface area contributed by atoms with Crippen LogP contribution in [-0.4, -0.2) is 47.0 Å². The minimum atomic E-state index is 0.239. The van der Waals surface area contributed by atoms with Crippen LogP contribution in [0, 0.1) is 0 Å². The molecule has 2 rings (SSSR count). The van der Waals surface area contributed by atoms with Crippen LogP contribution in [0.1, 0.15) is 25.1 Å². The monoisotopic (exact) mass is 248 g/mol. The van der Waals surface area contributed by atoms with Crippen LogP contribution in [-0.2, 0) is 13.1 Å². The number of rotatable bonds is 3. The molecule has 0 atom stereocenters. The molecule has 0 bridgehead atoms. The first-order valence-electron chi connectivity index (χ1n) is 6.59. The number of hydrogen-bond donors (Lipinski definition) is 1. The largest absolute Gasteiger partial charge is 0.325 e. The first kappa shape index (κ1) is 13.5. The molecule has 2 heterocycles. The van der Waals surface area contributed by atoms with Crippen molar-refractivity contribution in [1.82, 2.24) is 14.8 Å². The smallest absolute Gasteiger partial charge is 0.0584 e. The van der Waals surface area contributed by atoms with E-state index >= 15 is 0 Å². The highest BCUT2D eigenvalue weighted by Crippen LogP contribution is 2.20. The summed E-state index contributed by atoms with van der Waals surface area (Å²) >= 11 is 0. The molecule has 1 aromatic rings. The lowest BCUT2D eigenvalue weighted by molar-refractivity contribution is 0.0358. The first-order chi connectivity index (χ1) is 8.53. The second kappa shape index (κ2) is 5.34. The van der Waals surface area contributed by atoms with E-state index in [4.69, 9.17) is 5.73 Å². The average molecular weight is 248 g/mol. The van der Waals surface area contributed by atoms with E-state index in [1.165, 1.54) is 5.56 Å². The Bertz CT molecular complexity index is 403. The molecule has 0 amide bonds. The Hall–Kier alpha value is -0.970. The Labute approximate surface area is 110 Å². The van der Waals surface area contributed by atoms with E-state index in [1.807, 2.05) is 12.3 Å². The van der Waals surface area contributed by atoms with E-state index in [2.05, 4.69) is 41.7 Å². The van der Waals surface area contributed by atoms with Gasteiger partial charge in [-0.3, -0.25) is 14.8 Å². The molecule has 0 aliphatic carbocycles. The summed E-state index contributed by atoms with van der Waals surface area (Å²) in [5.41, 5.74) is 8.27. The van der Waals surface area contributed by atoms with E-state index < -0.39 is 0 Å². The minimum absolute atomic E-state index is 0.239. The number of pyridine rings is 1. The lowest BCUT2D eigenvalue weighted by Crippen LogP contribution is -2.57. The van der Waals surface area contributed by atoms with Crippen LogP contribution in [0.3, 0.4) is 0 Å². The maximum atomic E-state index is 5.74. The molecule has 0 aromatic carbocycles. The number of likely N-dealkylation sites (N-methyl/N-ethyl adjacent to an activating group) is 1. The van der Waals surface area contributed by atoms with Gasteiger partial charge < -0.3 is 5.73 Å². The second-order valence-corrected chi connectivity index (χ2v) is 5.76. The molecule has 18 heavy (non-hydrogen) atoms. The maximum Gasteiger partial charge on any atom is 0.0584 e. The zero-order valence-corrected chi connectivity index (χ0v) is 11.7. The van der Waals surface area contributed by atoms with Gasteiger partial charge in [0.15, 0.2) is 0 Å². The third kappa shape index (κ3) is 2.88. The number of piperazine rings is 1. The molecule has 0 saturated carbocycles. The van der Waals surface area contributed by atoms with Gasteiger partial charge in [-0.05, 0) is 32.5 Å². The zero-order chi connectivity index (χ0) is 13.2. The SMILES string of the molecule is CN1CCN(Cc2cccnc2CN)CC1(C)C. The second-order valence-electron chi connectivity index (χ2n) is 5.76. The Morgan fingerprint density at radius 2 is 2.17 bits per heavy atom. The summed E-state index contributed by atoms with van der Waals surface area (Å²) in [7, 11) is 2.20. The molecular formula is C14H24N4. The van der Waals surface area contributed by atoms with Crippen molar-refractivity contribution in [3.63, 3.8) is 0 Å². The van der Waals surface area contributed by atoms with Gasteiger partial charge in [-0.15, -0.1) is 0 Å². The van der Waals surface area contributed by atoms with Crippen molar-refractivity contribution in [3.8, 4) is 0 Å². The van der Waals surface area contributed by atoms with Crippen LogP contribution < -0.4 is 5.73 Å². The molecule has 1 aliphatic rings. The van der Waals surface area contributed by atoms with Gasteiger partial charge in [-0.1, -0.05) is 6.07 Å². The van der Waals surface area contributed by atoms with Gasteiger partial charge in [0.25, 0.3) is 0 Å².